The van der Waals surface area contributed by atoms with Crippen molar-refractivity contribution in [1.29, 1.82) is 0 Å². The summed E-state index contributed by atoms with van der Waals surface area (Å²) in [7, 11) is -1.27. The Bertz CT molecular complexity index is 876. The van der Waals surface area contributed by atoms with E-state index >= 15 is 0 Å². The first-order chi connectivity index (χ1) is 14.0. The fraction of sp³-hybridized carbons (Fsp3) is 0.786. The van der Waals surface area contributed by atoms with Crippen LogP contribution in [0.15, 0.2) is 0 Å². The Kier molecular flexibility index (Phi) is 1.71. The summed E-state index contributed by atoms with van der Waals surface area (Å²) < 4.78 is 104. The van der Waals surface area contributed by atoms with Crippen LogP contribution in [0.1, 0.15) is 47.7 Å². The van der Waals surface area contributed by atoms with Crippen molar-refractivity contribution in [3.05, 3.63) is 4.88 Å². The molecule has 1 aromatic heterocycles. The van der Waals surface area contributed by atoms with Gasteiger partial charge in [-0.15, -0.1) is 11.3 Å². The number of thiazole rings is 1. The van der Waals surface area contributed by atoms with E-state index in [9.17, 15) is 0 Å². The molecule has 21 heavy (non-hydrogen) atoms. The van der Waals surface area contributed by atoms with Gasteiger partial charge in [0, 0.05) is 22.0 Å². The highest BCUT2D eigenvalue weighted by atomic mass is 32.1. The van der Waals surface area contributed by atoms with Gasteiger partial charge in [0.2, 0.25) is 0 Å². The van der Waals surface area contributed by atoms with Gasteiger partial charge in [-0.2, -0.15) is 0 Å². The van der Waals surface area contributed by atoms with E-state index in [4.69, 9.17) is 24.4 Å². The molecule has 116 valence electrons. The Morgan fingerprint density at radius 3 is 2.43 bits per heavy atom. The zero-order valence-electron chi connectivity index (χ0n) is 23.1. The van der Waals surface area contributed by atoms with Crippen LogP contribution < -0.4 is 10.5 Å². The Morgan fingerprint density at radius 2 is 1.86 bits per heavy atom. The van der Waals surface area contributed by atoms with E-state index in [1.54, 1.807) is 27.7 Å². The molecule has 2 aliphatic heterocycles. The van der Waals surface area contributed by atoms with Crippen LogP contribution in [0.2, 0.25) is 0 Å². The summed E-state index contributed by atoms with van der Waals surface area (Å²) in [4.78, 5) is 3.88. The zero-order valence-corrected chi connectivity index (χ0v) is 12.9. The second-order valence-electron chi connectivity index (χ2n) is 5.66. The van der Waals surface area contributed by atoms with Gasteiger partial charge in [-0.1, -0.05) is 0 Å². The molecule has 0 spiro atoms. The minimum atomic E-state index is -3.29. The van der Waals surface area contributed by atoms with E-state index in [0.717, 1.165) is 0 Å². The lowest BCUT2D eigenvalue weighted by atomic mass is 9.84. The molecule has 0 N–H and O–H groups in total. The molecule has 0 unspecified atom stereocenters. The fourth-order valence-corrected chi connectivity index (χ4v) is 2.57. The van der Waals surface area contributed by atoms with E-state index < -0.39 is 56.4 Å². The van der Waals surface area contributed by atoms with E-state index in [1.807, 2.05) is 0 Å². The van der Waals surface area contributed by atoms with Gasteiger partial charge in [-0.3, -0.25) is 0 Å². The van der Waals surface area contributed by atoms with Crippen molar-refractivity contribution in [2.24, 2.45) is 0 Å². The Morgan fingerprint density at radius 1 is 1.24 bits per heavy atom. The van der Waals surface area contributed by atoms with Gasteiger partial charge in [0.25, 0.3) is 0 Å². The van der Waals surface area contributed by atoms with Gasteiger partial charge >= 0.3 is 7.12 Å². The summed E-state index contributed by atoms with van der Waals surface area (Å²) in [5.74, 6) is 0. The van der Waals surface area contributed by atoms with Gasteiger partial charge in [-0.25, -0.2) is 4.98 Å². The fourth-order valence-electron chi connectivity index (χ4n) is 1.82. The van der Waals surface area contributed by atoms with Gasteiger partial charge in [0.15, 0.2) is 5.13 Å². The summed E-state index contributed by atoms with van der Waals surface area (Å²) in [6, 6.07) is 0. The molecule has 1 aromatic rings. The summed E-state index contributed by atoms with van der Waals surface area (Å²) in [5, 5.41) is -0.591. The molecule has 0 saturated carbocycles. The third-order valence-electron chi connectivity index (χ3n) is 3.73. The highest BCUT2D eigenvalue weighted by molar-refractivity contribution is 7.16. The van der Waals surface area contributed by atoms with E-state index in [2.05, 4.69) is 9.72 Å². The van der Waals surface area contributed by atoms with Crippen LogP contribution in [-0.2, 0) is 14.0 Å². The third-order valence-corrected chi connectivity index (χ3v) is 4.60. The molecule has 0 radical (unpaired) electrons. The summed E-state index contributed by atoms with van der Waals surface area (Å²) in [6.45, 7) is -8.92. The summed E-state index contributed by atoms with van der Waals surface area (Å²) in [5.41, 5.74) is -1.95. The van der Waals surface area contributed by atoms with Crippen molar-refractivity contribution >= 4 is 29.2 Å². The zero-order chi connectivity index (χ0) is 24.9. The van der Waals surface area contributed by atoms with Crippen molar-refractivity contribution in [3.8, 4) is 0 Å². The normalized spacial score (nSPS) is 42.6. The predicted octanol–water partition coefficient (Wildman–Crippen LogP) is 1.59. The number of ether oxygens (including phenoxy) is 1. The van der Waals surface area contributed by atoms with Crippen LogP contribution in [0.5, 0.6) is 0 Å². The molecule has 5 nitrogen and oxygen atoms in total. The predicted molar refractivity (Wildman–Crippen MR) is 85.6 cm³/mol. The number of aryl methyl sites for hydroxylation is 1. The lowest BCUT2D eigenvalue weighted by Crippen LogP contribution is -2.41. The lowest BCUT2D eigenvalue weighted by molar-refractivity contribution is 0.00578. The lowest BCUT2D eigenvalue weighted by Gasteiger charge is -2.32. The number of aromatic nitrogens is 1. The molecule has 0 aliphatic carbocycles. The average Bonchev–Trinajstić information content (AvgIpc) is 3.03. The largest absolute Gasteiger partial charge is 0.515 e. The maximum atomic E-state index is 8.18. The molecule has 2 aliphatic rings. The van der Waals surface area contributed by atoms with Crippen LogP contribution >= 0.6 is 11.3 Å². The van der Waals surface area contributed by atoms with E-state index in [0.29, 0.717) is 11.3 Å². The average molecular weight is 321 g/mol. The molecule has 0 aromatic carbocycles. The van der Waals surface area contributed by atoms with Crippen LogP contribution in [-0.4, -0.2) is 49.4 Å². The minimum absolute atomic E-state index is 0.151. The van der Waals surface area contributed by atoms with Crippen LogP contribution in [0.3, 0.4) is 0 Å². The molecule has 2 saturated heterocycles. The molecule has 3 rings (SSSR count). The van der Waals surface area contributed by atoms with Gasteiger partial charge in [-0.05, 0) is 34.5 Å². The smallest absolute Gasteiger partial charge is 0.398 e. The Hall–Kier alpha value is -0.625. The van der Waals surface area contributed by atoms with Crippen molar-refractivity contribution in [2.45, 2.75) is 45.7 Å². The number of anilines is 1. The second-order valence-corrected chi connectivity index (χ2v) is 6.64. The third kappa shape index (κ3) is 2.72. The first-order valence-electron chi connectivity index (χ1n) is 11.9. The molecule has 2 fully saturated rings. The van der Waals surface area contributed by atoms with Crippen molar-refractivity contribution in [1.82, 2.24) is 4.98 Å². The van der Waals surface area contributed by atoms with E-state index in [-0.39, 0.29) is 15.4 Å². The maximum Gasteiger partial charge on any atom is 0.515 e. The van der Waals surface area contributed by atoms with Gasteiger partial charge in [0.1, 0.15) is 0 Å². The molecule has 0 amide bonds. The number of hydrogen-bond acceptors (Lipinski definition) is 6. The summed E-state index contributed by atoms with van der Waals surface area (Å²) >= 11 is 0.390. The number of morpholine rings is 1. The first kappa shape index (κ1) is 6.87. The Labute approximate surface area is 146 Å². The molecule has 7 heteroatoms. The second kappa shape index (κ2) is 5.23. The topological polar surface area (TPSA) is 43.8 Å². The number of hydrogen-bond donors (Lipinski definition) is 0. The summed E-state index contributed by atoms with van der Waals surface area (Å²) in [6.07, 6.45) is 0. The monoisotopic (exact) mass is 321 g/mol. The first-order valence-corrected chi connectivity index (χ1v) is 7.17. The number of nitrogens with zero attached hydrogens (tertiary/aromatic N) is 2. The van der Waals surface area contributed by atoms with Crippen molar-refractivity contribution in [2.75, 3.05) is 31.0 Å². The SMILES string of the molecule is [2H]C([2H])([2H])c1sc(N2C([2H])([2H])C([2H])([2H])OC([2H])([2H])C2([2H])[2H])nc1B1OC(C)(C)C(C)(C)O1. The van der Waals surface area contributed by atoms with Crippen LogP contribution in [0.4, 0.5) is 5.13 Å². The standard InChI is InChI=1S/C14H23BN2O3S/c1-10-11(15-19-13(2,3)14(4,5)20-15)16-12(21-10)17-6-8-18-9-7-17/h6-9H2,1-5H3/i1D3,6D2,7D2,8D2,9D2. The van der Waals surface area contributed by atoms with Crippen molar-refractivity contribution < 1.29 is 29.1 Å². The Balaban J connectivity index is 2.21. The number of rotatable bonds is 2. The van der Waals surface area contributed by atoms with Gasteiger partial charge < -0.3 is 18.9 Å². The molecule has 0 atom stereocenters. The van der Waals surface area contributed by atoms with Crippen LogP contribution in [0.25, 0.3) is 0 Å². The molecule has 3 heterocycles. The molecular weight excluding hydrogens is 287 g/mol. The maximum absolute atomic E-state index is 8.18. The van der Waals surface area contributed by atoms with Crippen LogP contribution in [0, 0.1) is 6.85 Å². The van der Waals surface area contributed by atoms with Crippen molar-refractivity contribution in [3.63, 3.8) is 0 Å². The minimum Gasteiger partial charge on any atom is -0.398 e. The van der Waals surface area contributed by atoms with E-state index in [1.165, 1.54) is 0 Å². The highest BCUT2D eigenvalue weighted by Crippen LogP contribution is 2.37. The highest BCUT2D eigenvalue weighted by Gasteiger charge is 2.53. The van der Waals surface area contributed by atoms with Gasteiger partial charge in [0.05, 0.1) is 40.9 Å². The molecule has 0 bridgehead atoms. The molecular formula is C14H23BN2O3S. The quantitative estimate of drug-likeness (QED) is 0.774.